The molecule has 1 aromatic carbocycles. The largest absolute Gasteiger partial charge is 0.462 e. The monoisotopic (exact) mass is 406 g/mol. The number of aromatic nitrogens is 2. The van der Waals surface area contributed by atoms with Crippen LogP contribution in [0.2, 0.25) is 0 Å². The van der Waals surface area contributed by atoms with Crippen molar-refractivity contribution in [1.82, 2.24) is 13.9 Å². The van der Waals surface area contributed by atoms with Crippen LogP contribution in [0.5, 0.6) is 0 Å². The van der Waals surface area contributed by atoms with Gasteiger partial charge in [-0.25, -0.2) is 18.2 Å². The molecule has 0 unspecified atom stereocenters. The highest BCUT2D eigenvalue weighted by atomic mass is 32.2. The predicted octanol–water partition coefficient (Wildman–Crippen LogP) is 1.48. The smallest absolute Gasteiger partial charge is 0.338 e. The number of benzene rings is 1. The molecule has 0 radical (unpaired) electrons. The van der Waals surface area contributed by atoms with E-state index in [0.717, 1.165) is 12.8 Å². The van der Waals surface area contributed by atoms with E-state index >= 15 is 0 Å². The number of hydrogen-bond donors (Lipinski definition) is 1. The highest BCUT2D eigenvalue weighted by Gasteiger charge is 2.29. The number of amides is 1. The lowest BCUT2D eigenvalue weighted by molar-refractivity contribution is -0.116. The van der Waals surface area contributed by atoms with Crippen molar-refractivity contribution in [2.75, 3.05) is 25.0 Å². The minimum atomic E-state index is -3.60. The van der Waals surface area contributed by atoms with Crippen LogP contribution in [-0.4, -0.2) is 53.8 Å². The lowest BCUT2D eigenvalue weighted by atomic mass is 10.2. The Hall–Kier alpha value is -2.72. The molecule has 1 aromatic heterocycles. The molecule has 3 rings (SSSR count). The first-order chi connectivity index (χ1) is 13.4. The fourth-order valence-electron chi connectivity index (χ4n) is 2.89. The number of esters is 1. The molecule has 1 amide bonds. The lowest BCUT2D eigenvalue weighted by Crippen LogP contribution is -2.28. The highest BCUT2D eigenvalue weighted by molar-refractivity contribution is 7.89. The zero-order valence-corrected chi connectivity index (χ0v) is 16.3. The summed E-state index contributed by atoms with van der Waals surface area (Å²) >= 11 is 0. The number of carbonyl (C=O) groups excluding carboxylic acids is 2. The summed E-state index contributed by atoms with van der Waals surface area (Å²) in [4.78, 5) is 27.8. The molecule has 28 heavy (non-hydrogen) atoms. The van der Waals surface area contributed by atoms with E-state index in [-0.39, 0.29) is 24.1 Å². The summed E-state index contributed by atoms with van der Waals surface area (Å²) in [5, 5.41) is 2.64. The van der Waals surface area contributed by atoms with Crippen LogP contribution in [0.3, 0.4) is 0 Å². The molecule has 9 nitrogen and oxygen atoms in total. The number of ether oxygens (including phenoxy) is 1. The minimum Gasteiger partial charge on any atom is -0.462 e. The molecule has 2 aromatic rings. The van der Waals surface area contributed by atoms with E-state index in [0.29, 0.717) is 24.3 Å². The number of nitrogens with one attached hydrogen (secondary N) is 1. The molecule has 10 heteroatoms. The maximum atomic E-state index is 12.5. The molecule has 150 valence electrons. The van der Waals surface area contributed by atoms with Crippen molar-refractivity contribution in [3.63, 3.8) is 0 Å². The van der Waals surface area contributed by atoms with Crippen LogP contribution >= 0.6 is 0 Å². The Balaban J connectivity index is 1.59. The van der Waals surface area contributed by atoms with Gasteiger partial charge in [0.15, 0.2) is 5.03 Å². The normalized spacial score (nSPS) is 14.8. The van der Waals surface area contributed by atoms with Crippen molar-refractivity contribution in [3.05, 3.63) is 42.4 Å². The summed E-state index contributed by atoms with van der Waals surface area (Å²) < 4.78 is 32.7. The van der Waals surface area contributed by atoms with Crippen molar-refractivity contribution >= 4 is 27.6 Å². The molecule has 1 N–H and O–H groups in total. The Kier molecular flexibility index (Phi) is 6.10. The van der Waals surface area contributed by atoms with E-state index < -0.39 is 16.0 Å². The third-order valence-corrected chi connectivity index (χ3v) is 6.07. The van der Waals surface area contributed by atoms with E-state index in [1.54, 1.807) is 31.2 Å². The molecule has 1 fully saturated rings. The molecule has 2 heterocycles. The van der Waals surface area contributed by atoms with Crippen molar-refractivity contribution in [2.45, 2.75) is 31.3 Å². The Morgan fingerprint density at radius 2 is 1.86 bits per heavy atom. The Labute approximate surface area is 163 Å². The van der Waals surface area contributed by atoms with Crippen LogP contribution in [0.15, 0.2) is 41.8 Å². The second-order valence-electron chi connectivity index (χ2n) is 6.34. The molecule has 0 saturated carbocycles. The number of imidazole rings is 1. The van der Waals surface area contributed by atoms with Gasteiger partial charge >= 0.3 is 5.97 Å². The molecular weight excluding hydrogens is 384 g/mol. The number of rotatable bonds is 7. The third kappa shape index (κ3) is 4.57. The van der Waals surface area contributed by atoms with Gasteiger partial charge in [-0.2, -0.15) is 4.31 Å². The van der Waals surface area contributed by atoms with E-state index in [1.807, 2.05) is 0 Å². The molecule has 0 bridgehead atoms. The van der Waals surface area contributed by atoms with Crippen molar-refractivity contribution < 1.29 is 22.7 Å². The summed E-state index contributed by atoms with van der Waals surface area (Å²) in [7, 11) is -3.60. The lowest BCUT2D eigenvalue weighted by Gasteiger charge is -2.12. The van der Waals surface area contributed by atoms with Gasteiger partial charge in [0.1, 0.15) is 6.54 Å². The predicted molar refractivity (Wildman–Crippen MR) is 101 cm³/mol. The SMILES string of the molecule is CCOC(=O)c1ccc(NC(=O)Cn2cnc(S(=O)(=O)N3CCCC3)c2)cc1. The highest BCUT2D eigenvalue weighted by Crippen LogP contribution is 2.19. The third-order valence-electron chi connectivity index (χ3n) is 4.28. The first-order valence-electron chi connectivity index (χ1n) is 8.99. The first kappa shape index (κ1) is 20.0. The number of nitrogens with zero attached hydrogens (tertiary/aromatic N) is 3. The van der Waals surface area contributed by atoms with Gasteiger partial charge in [0.2, 0.25) is 5.91 Å². The number of sulfonamides is 1. The Morgan fingerprint density at radius 3 is 2.50 bits per heavy atom. The summed E-state index contributed by atoms with van der Waals surface area (Å²) in [6, 6.07) is 6.32. The topological polar surface area (TPSA) is 111 Å². The van der Waals surface area contributed by atoms with Gasteiger partial charge in [0, 0.05) is 25.0 Å². The van der Waals surface area contributed by atoms with Gasteiger partial charge in [-0.05, 0) is 44.0 Å². The van der Waals surface area contributed by atoms with Crippen molar-refractivity contribution in [3.8, 4) is 0 Å². The van der Waals surface area contributed by atoms with Gasteiger partial charge in [-0.15, -0.1) is 0 Å². The summed E-state index contributed by atoms with van der Waals surface area (Å²) in [6.45, 7) is 2.93. The summed E-state index contributed by atoms with van der Waals surface area (Å²) in [5.74, 6) is -0.767. The van der Waals surface area contributed by atoms with Gasteiger partial charge in [0.25, 0.3) is 10.0 Å². The molecule has 0 aliphatic carbocycles. The van der Waals surface area contributed by atoms with E-state index in [4.69, 9.17) is 4.74 Å². The quantitative estimate of drug-likeness (QED) is 0.698. The van der Waals surface area contributed by atoms with Gasteiger partial charge < -0.3 is 14.6 Å². The molecule has 0 spiro atoms. The number of hydrogen-bond acceptors (Lipinski definition) is 6. The fourth-order valence-corrected chi connectivity index (χ4v) is 4.34. The van der Waals surface area contributed by atoms with Gasteiger partial charge in [0.05, 0.1) is 18.5 Å². The maximum absolute atomic E-state index is 12.5. The van der Waals surface area contributed by atoms with Crippen molar-refractivity contribution in [2.24, 2.45) is 0 Å². The van der Waals surface area contributed by atoms with Gasteiger partial charge in [-0.1, -0.05) is 0 Å². The zero-order valence-electron chi connectivity index (χ0n) is 15.5. The van der Waals surface area contributed by atoms with Crippen LogP contribution < -0.4 is 5.32 Å². The Bertz CT molecular complexity index is 947. The van der Waals surface area contributed by atoms with Crippen LogP contribution in [0, 0.1) is 0 Å². The zero-order chi connectivity index (χ0) is 20.1. The molecule has 0 atom stereocenters. The number of carbonyl (C=O) groups is 2. The molecule has 1 saturated heterocycles. The summed E-state index contributed by atoms with van der Waals surface area (Å²) in [5.41, 5.74) is 0.911. The average molecular weight is 406 g/mol. The molecule has 1 aliphatic heterocycles. The summed E-state index contributed by atoms with van der Waals surface area (Å²) in [6.07, 6.45) is 4.37. The second-order valence-corrected chi connectivity index (χ2v) is 8.23. The Morgan fingerprint density at radius 1 is 1.18 bits per heavy atom. The molecular formula is C18H22N4O5S. The van der Waals surface area contributed by atoms with E-state index in [1.165, 1.54) is 21.4 Å². The first-order valence-corrected chi connectivity index (χ1v) is 10.4. The molecule has 1 aliphatic rings. The van der Waals surface area contributed by atoms with Crippen molar-refractivity contribution in [1.29, 1.82) is 0 Å². The van der Waals surface area contributed by atoms with Crippen LogP contribution in [0.1, 0.15) is 30.1 Å². The average Bonchev–Trinajstić information content (AvgIpc) is 3.35. The van der Waals surface area contributed by atoms with E-state index in [2.05, 4.69) is 10.3 Å². The maximum Gasteiger partial charge on any atom is 0.338 e. The minimum absolute atomic E-state index is 0.0546. The van der Waals surface area contributed by atoms with Crippen LogP contribution in [-0.2, 0) is 26.1 Å². The van der Waals surface area contributed by atoms with Crippen LogP contribution in [0.4, 0.5) is 5.69 Å². The van der Waals surface area contributed by atoms with Gasteiger partial charge in [-0.3, -0.25) is 4.79 Å². The second kappa shape index (κ2) is 8.53. The van der Waals surface area contributed by atoms with E-state index in [9.17, 15) is 18.0 Å². The number of anilines is 1. The fraction of sp³-hybridized carbons (Fsp3) is 0.389. The van der Waals surface area contributed by atoms with Crippen LogP contribution in [0.25, 0.3) is 0 Å². The standard InChI is InChI=1S/C18H22N4O5S/c1-2-27-18(24)14-5-7-15(8-6-14)20-16(23)11-21-12-17(19-13-21)28(25,26)22-9-3-4-10-22/h5-8,12-13H,2-4,9-11H2,1H3,(H,20,23).